The van der Waals surface area contributed by atoms with Crippen molar-refractivity contribution >= 4 is 0 Å². The molecule has 0 aliphatic heterocycles. The molecule has 132 valence electrons. The molecular weight excluding hydrogens is 322 g/mol. The molecule has 0 spiro atoms. The Morgan fingerprint density at radius 3 is 1.92 bits per heavy atom. The minimum atomic E-state index is -1.06. The lowest BCUT2D eigenvalue weighted by Gasteiger charge is -2.17. The number of hydrogen-bond acceptors (Lipinski definition) is 4. The standard InChI is InChI=1S/C18H21N3O4/c1-4-10-19-16(23)20(11-5-2)18(25)21(17(19)24)12-15(22)14-9-7-6-8-13(14)3/h4-9,15,22H,1-2,10-12H2,3H3/t15-/m1/s1. The Balaban J connectivity index is 2.60. The molecule has 0 fully saturated rings. The van der Waals surface area contributed by atoms with Crippen LogP contribution in [0, 0.1) is 6.92 Å². The fraction of sp³-hybridized carbons (Fsp3) is 0.278. The van der Waals surface area contributed by atoms with Gasteiger partial charge in [0.2, 0.25) is 0 Å². The number of benzene rings is 1. The normalized spacial score (nSPS) is 11.9. The van der Waals surface area contributed by atoms with Gasteiger partial charge in [0, 0.05) is 0 Å². The van der Waals surface area contributed by atoms with Crippen LogP contribution in [0.15, 0.2) is 64.0 Å². The number of nitrogens with zero attached hydrogens (tertiary/aromatic N) is 3. The Labute approximate surface area is 144 Å². The van der Waals surface area contributed by atoms with Gasteiger partial charge in [-0.15, -0.1) is 13.2 Å². The van der Waals surface area contributed by atoms with Gasteiger partial charge in [-0.25, -0.2) is 28.1 Å². The summed E-state index contributed by atoms with van der Waals surface area (Å²) < 4.78 is 2.68. The highest BCUT2D eigenvalue weighted by Gasteiger charge is 2.18. The Hall–Kier alpha value is -2.93. The summed E-state index contributed by atoms with van der Waals surface area (Å²) in [6.45, 7) is 8.55. The predicted molar refractivity (Wildman–Crippen MR) is 95.8 cm³/mol. The molecule has 0 amide bonds. The Morgan fingerprint density at radius 1 is 0.960 bits per heavy atom. The van der Waals surface area contributed by atoms with Crippen LogP contribution in [-0.2, 0) is 19.6 Å². The number of aliphatic hydroxyl groups excluding tert-OH is 1. The van der Waals surface area contributed by atoms with E-state index in [0.29, 0.717) is 5.56 Å². The van der Waals surface area contributed by atoms with Crippen molar-refractivity contribution < 1.29 is 5.11 Å². The van der Waals surface area contributed by atoms with Crippen molar-refractivity contribution in [2.45, 2.75) is 32.7 Å². The molecule has 2 aromatic rings. The molecule has 0 saturated carbocycles. The molecule has 1 aromatic carbocycles. The zero-order valence-corrected chi connectivity index (χ0v) is 14.1. The lowest BCUT2D eigenvalue weighted by molar-refractivity contribution is 0.149. The smallest absolute Gasteiger partial charge is 0.336 e. The average Bonchev–Trinajstić information content (AvgIpc) is 2.59. The molecule has 1 heterocycles. The molecule has 1 aromatic heterocycles. The van der Waals surface area contributed by atoms with E-state index in [0.717, 1.165) is 19.3 Å². The van der Waals surface area contributed by atoms with Crippen molar-refractivity contribution in [3.63, 3.8) is 0 Å². The lowest BCUT2D eigenvalue weighted by atomic mass is 10.0. The van der Waals surface area contributed by atoms with Gasteiger partial charge in [-0.05, 0) is 18.1 Å². The Kier molecular flexibility index (Phi) is 5.71. The third-order valence-corrected chi connectivity index (χ3v) is 3.91. The molecule has 0 aliphatic carbocycles. The maximum absolute atomic E-state index is 12.5. The van der Waals surface area contributed by atoms with Gasteiger partial charge in [-0.1, -0.05) is 36.4 Å². The van der Waals surface area contributed by atoms with Crippen LogP contribution in [0.2, 0.25) is 0 Å². The second-order valence-corrected chi connectivity index (χ2v) is 5.63. The fourth-order valence-corrected chi connectivity index (χ4v) is 2.64. The summed E-state index contributed by atoms with van der Waals surface area (Å²) in [5.74, 6) is 0. The summed E-state index contributed by atoms with van der Waals surface area (Å²) >= 11 is 0. The monoisotopic (exact) mass is 343 g/mol. The van der Waals surface area contributed by atoms with Crippen LogP contribution in [-0.4, -0.2) is 18.8 Å². The highest BCUT2D eigenvalue weighted by atomic mass is 16.3. The summed E-state index contributed by atoms with van der Waals surface area (Å²) in [5.41, 5.74) is -0.818. The summed E-state index contributed by atoms with van der Waals surface area (Å²) in [6.07, 6.45) is 1.74. The van der Waals surface area contributed by atoms with Gasteiger partial charge in [0.1, 0.15) is 0 Å². The van der Waals surface area contributed by atoms with E-state index in [9.17, 15) is 19.5 Å². The largest absolute Gasteiger partial charge is 0.387 e. The fourth-order valence-electron chi connectivity index (χ4n) is 2.64. The number of aryl methyl sites for hydroxylation is 1. The van der Waals surface area contributed by atoms with Gasteiger partial charge in [0.05, 0.1) is 25.7 Å². The molecule has 1 N–H and O–H groups in total. The zero-order valence-electron chi connectivity index (χ0n) is 14.1. The molecule has 0 aliphatic rings. The quantitative estimate of drug-likeness (QED) is 0.746. The van der Waals surface area contributed by atoms with E-state index in [-0.39, 0.29) is 19.6 Å². The van der Waals surface area contributed by atoms with Gasteiger partial charge in [0.15, 0.2) is 0 Å². The predicted octanol–water partition coefficient (Wildman–Crippen LogP) is 0.586. The maximum atomic E-state index is 12.5. The molecule has 1 atom stereocenters. The topological polar surface area (TPSA) is 86.2 Å². The molecular formula is C18H21N3O4. The molecule has 25 heavy (non-hydrogen) atoms. The van der Waals surface area contributed by atoms with E-state index in [1.54, 1.807) is 12.1 Å². The van der Waals surface area contributed by atoms with Gasteiger partial charge >= 0.3 is 17.1 Å². The number of rotatable bonds is 7. The number of aliphatic hydroxyl groups is 1. The van der Waals surface area contributed by atoms with Crippen molar-refractivity contribution in [3.8, 4) is 0 Å². The van der Waals surface area contributed by atoms with Crippen LogP contribution in [0.25, 0.3) is 0 Å². The van der Waals surface area contributed by atoms with Crippen molar-refractivity contribution in [3.05, 3.63) is 92.2 Å². The number of hydrogen-bond donors (Lipinski definition) is 1. The van der Waals surface area contributed by atoms with Crippen LogP contribution in [0.5, 0.6) is 0 Å². The van der Waals surface area contributed by atoms with Crippen LogP contribution in [0.1, 0.15) is 17.2 Å². The van der Waals surface area contributed by atoms with Crippen molar-refractivity contribution in [2.75, 3.05) is 0 Å². The Morgan fingerprint density at radius 2 is 1.44 bits per heavy atom. The second-order valence-electron chi connectivity index (χ2n) is 5.63. The maximum Gasteiger partial charge on any atom is 0.336 e. The first-order chi connectivity index (χ1) is 11.9. The SMILES string of the molecule is C=CCn1c(=O)n(CC=C)c(=O)n(C[C@@H](O)c2ccccc2C)c1=O. The van der Waals surface area contributed by atoms with Crippen LogP contribution < -0.4 is 17.1 Å². The first-order valence-corrected chi connectivity index (χ1v) is 7.82. The van der Waals surface area contributed by atoms with Crippen molar-refractivity contribution in [2.24, 2.45) is 0 Å². The molecule has 2 rings (SSSR count). The van der Waals surface area contributed by atoms with Gasteiger partial charge < -0.3 is 5.11 Å². The minimum Gasteiger partial charge on any atom is -0.387 e. The number of allylic oxidation sites excluding steroid dienone is 2. The molecule has 0 radical (unpaired) electrons. The zero-order chi connectivity index (χ0) is 18.6. The molecule has 0 saturated heterocycles. The molecule has 7 nitrogen and oxygen atoms in total. The van der Waals surface area contributed by atoms with E-state index in [1.807, 2.05) is 19.1 Å². The third-order valence-electron chi connectivity index (χ3n) is 3.91. The summed E-state index contributed by atoms with van der Waals surface area (Å²) in [6, 6.07) is 7.16. The van der Waals surface area contributed by atoms with E-state index < -0.39 is 23.2 Å². The van der Waals surface area contributed by atoms with Crippen LogP contribution in [0.3, 0.4) is 0 Å². The second kappa shape index (κ2) is 7.76. The first-order valence-electron chi connectivity index (χ1n) is 7.82. The van der Waals surface area contributed by atoms with Crippen molar-refractivity contribution in [1.82, 2.24) is 13.7 Å². The minimum absolute atomic E-state index is 0.0322. The first kappa shape index (κ1) is 18.4. The molecule has 7 heteroatoms. The van der Waals surface area contributed by atoms with Gasteiger partial charge in [0.25, 0.3) is 0 Å². The average molecular weight is 343 g/mol. The van der Waals surface area contributed by atoms with E-state index in [1.165, 1.54) is 12.2 Å². The highest BCUT2D eigenvalue weighted by molar-refractivity contribution is 5.27. The molecule has 0 unspecified atom stereocenters. The van der Waals surface area contributed by atoms with E-state index >= 15 is 0 Å². The van der Waals surface area contributed by atoms with E-state index in [2.05, 4.69) is 13.2 Å². The number of aromatic nitrogens is 3. The third kappa shape index (κ3) is 3.61. The summed E-state index contributed by atoms with van der Waals surface area (Å²) in [4.78, 5) is 37.4. The highest BCUT2D eigenvalue weighted by Crippen LogP contribution is 2.17. The van der Waals surface area contributed by atoms with Gasteiger partial charge in [-0.2, -0.15) is 0 Å². The lowest BCUT2D eigenvalue weighted by Crippen LogP contribution is -2.54. The summed E-state index contributed by atoms with van der Waals surface area (Å²) in [7, 11) is 0. The van der Waals surface area contributed by atoms with Gasteiger partial charge in [-0.3, -0.25) is 0 Å². The van der Waals surface area contributed by atoms with Crippen LogP contribution >= 0.6 is 0 Å². The van der Waals surface area contributed by atoms with E-state index in [4.69, 9.17) is 0 Å². The molecule has 0 bridgehead atoms. The Bertz CT molecular complexity index is 917. The summed E-state index contributed by atoms with van der Waals surface area (Å²) in [5, 5.41) is 10.5. The van der Waals surface area contributed by atoms with Crippen LogP contribution in [0.4, 0.5) is 0 Å². The van der Waals surface area contributed by atoms with Crippen molar-refractivity contribution in [1.29, 1.82) is 0 Å².